The summed E-state index contributed by atoms with van der Waals surface area (Å²) in [7, 11) is -3.93. The van der Waals surface area contributed by atoms with Gasteiger partial charge in [-0.1, -0.05) is 30.3 Å². The summed E-state index contributed by atoms with van der Waals surface area (Å²) in [6.45, 7) is -0.267. The number of carbonyl (C=O) groups is 2. The highest BCUT2D eigenvalue weighted by atomic mass is 32.2. The Bertz CT molecular complexity index is 1170. The molecule has 0 unspecified atom stereocenters. The molecule has 0 radical (unpaired) electrons. The summed E-state index contributed by atoms with van der Waals surface area (Å²) < 4.78 is 33.2. The Hall–Kier alpha value is -2.71. The number of rotatable bonds is 8. The topological polar surface area (TPSA) is 110 Å². The molecule has 2 aromatic rings. The van der Waals surface area contributed by atoms with Crippen LogP contribution in [-0.4, -0.2) is 31.9 Å². The van der Waals surface area contributed by atoms with Crippen LogP contribution in [0.3, 0.4) is 0 Å². The van der Waals surface area contributed by atoms with E-state index in [0.717, 1.165) is 37.0 Å². The molecule has 0 aliphatic heterocycles. The first-order valence-electron chi connectivity index (χ1n) is 11.8. The average Bonchev–Trinajstić information content (AvgIpc) is 2.81. The molecule has 0 aromatic heterocycles. The lowest BCUT2D eigenvalue weighted by Gasteiger charge is -2.55. The van der Waals surface area contributed by atoms with Crippen molar-refractivity contribution in [3.05, 3.63) is 59.7 Å². The third kappa shape index (κ3) is 4.49. The number of benzene rings is 2. The number of nitrogens with one attached hydrogen (secondary N) is 1. The van der Waals surface area contributed by atoms with E-state index in [-0.39, 0.29) is 34.8 Å². The zero-order valence-electron chi connectivity index (χ0n) is 18.9. The summed E-state index contributed by atoms with van der Waals surface area (Å²) in [5.41, 5.74) is 0.123. The van der Waals surface area contributed by atoms with E-state index in [0.29, 0.717) is 17.8 Å². The Morgan fingerprint density at radius 3 is 2.21 bits per heavy atom. The maximum atomic E-state index is 13.1. The molecule has 2 N–H and O–H groups in total. The van der Waals surface area contributed by atoms with Gasteiger partial charge in [0.25, 0.3) is 0 Å². The number of phenolic OH excluding ortho intramolecular Hbond substituents is 1. The lowest BCUT2D eigenvalue weighted by Crippen LogP contribution is -2.51. The van der Waals surface area contributed by atoms with Gasteiger partial charge in [0.2, 0.25) is 10.0 Å². The molecule has 4 aliphatic rings. The molecule has 0 heterocycles. The zero-order valence-corrected chi connectivity index (χ0v) is 19.7. The molecule has 4 fully saturated rings. The Balaban J connectivity index is 1.25. The van der Waals surface area contributed by atoms with Crippen LogP contribution in [0.25, 0.3) is 0 Å². The van der Waals surface area contributed by atoms with Gasteiger partial charge in [-0.3, -0.25) is 4.79 Å². The van der Waals surface area contributed by atoms with Crippen LogP contribution < -0.4 is 4.72 Å². The van der Waals surface area contributed by atoms with Crippen LogP contribution in [0.5, 0.6) is 5.75 Å². The van der Waals surface area contributed by atoms with E-state index in [4.69, 9.17) is 4.74 Å². The molecule has 2 aromatic carbocycles. The number of esters is 1. The van der Waals surface area contributed by atoms with Gasteiger partial charge in [-0.25, -0.2) is 17.9 Å². The smallest absolute Gasteiger partial charge is 0.342 e. The lowest BCUT2D eigenvalue weighted by molar-refractivity contribution is -0.147. The van der Waals surface area contributed by atoms with Gasteiger partial charge in [0.05, 0.1) is 4.90 Å². The number of hydrogen-bond acceptors (Lipinski definition) is 6. The normalized spacial score (nSPS) is 27.5. The predicted molar refractivity (Wildman–Crippen MR) is 124 cm³/mol. The van der Waals surface area contributed by atoms with E-state index in [1.165, 1.54) is 25.3 Å². The molecule has 4 bridgehead atoms. The molecule has 6 rings (SSSR count). The van der Waals surface area contributed by atoms with Crippen molar-refractivity contribution >= 4 is 21.8 Å². The van der Waals surface area contributed by atoms with Crippen molar-refractivity contribution in [3.8, 4) is 5.75 Å². The zero-order chi connectivity index (χ0) is 23.9. The number of aromatic hydroxyl groups is 1. The quantitative estimate of drug-likeness (QED) is 0.553. The van der Waals surface area contributed by atoms with Gasteiger partial charge >= 0.3 is 5.97 Å². The summed E-state index contributed by atoms with van der Waals surface area (Å²) in [5.74, 6) is 0.443. The molecule has 4 aliphatic carbocycles. The lowest BCUT2D eigenvalue weighted by atomic mass is 9.48. The van der Waals surface area contributed by atoms with E-state index in [1.807, 2.05) is 18.2 Å². The first-order chi connectivity index (χ1) is 16.2. The summed E-state index contributed by atoms with van der Waals surface area (Å²) in [4.78, 5) is 25.7. The minimum atomic E-state index is -3.93. The second kappa shape index (κ2) is 8.82. The van der Waals surface area contributed by atoms with Crippen LogP contribution in [0, 0.1) is 23.2 Å². The largest absolute Gasteiger partial charge is 0.507 e. The van der Waals surface area contributed by atoms with Gasteiger partial charge in [0, 0.05) is 12.0 Å². The van der Waals surface area contributed by atoms with Crippen molar-refractivity contribution in [1.82, 2.24) is 4.72 Å². The van der Waals surface area contributed by atoms with Crippen LogP contribution in [0.1, 0.15) is 54.4 Å². The van der Waals surface area contributed by atoms with E-state index in [1.54, 1.807) is 12.1 Å². The number of ether oxygens (including phenoxy) is 1. The maximum Gasteiger partial charge on any atom is 0.342 e. The van der Waals surface area contributed by atoms with Crippen LogP contribution in [0.2, 0.25) is 0 Å². The number of phenols is 1. The number of Topliss-reactive ketones (excluding diaryl/α,β-unsaturated/α-hetero) is 1. The summed E-state index contributed by atoms with van der Waals surface area (Å²) in [5, 5.41) is 10.2. The molecule has 0 atom stereocenters. The standard InChI is InChI=1S/C26H29NO6S/c28-23-7-6-21(34(31,32)27-15-17-4-2-1-3-5-17)11-22(23)25(30)33-16-24(29)26-12-18-8-19(13-26)10-20(9-18)14-26/h1-7,11,18-20,27-28H,8-10,12-16H2. The molecular weight excluding hydrogens is 454 g/mol. The average molecular weight is 484 g/mol. The fourth-order valence-corrected chi connectivity index (χ4v) is 7.56. The first-order valence-corrected chi connectivity index (χ1v) is 13.3. The minimum Gasteiger partial charge on any atom is -0.507 e. The number of ketones is 1. The van der Waals surface area contributed by atoms with Gasteiger partial charge in [-0.15, -0.1) is 0 Å². The molecular formula is C26H29NO6S. The minimum absolute atomic E-state index is 0.0484. The molecule has 0 amide bonds. The second-order valence-corrected chi connectivity index (χ2v) is 12.0. The molecule has 34 heavy (non-hydrogen) atoms. The predicted octanol–water partition coefficient (Wildman–Crippen LogP) is 3.81. The highest BCUT2D eigenvalue weighted by Crippen LogP contribution is 2.60. The van der Waals surface area contributed by atoms with Crippen molar-refractivity contribution in [2.75, 3.05) is 6.61 Å². The molecule has 8 heteroatoms. The SMILES string of the molecule is O=C(OCC(=O)C12CC3CC(CC(C3)C1)C2)c1cc(S(=O)(=O)NCc2ccccc2)ccc1O. The molecule has 0 saturated heterocycles. The van der Waals surface area contributed by atoms with Crippen molar-refractivity contribution in [3.63, 3.8) is 0 Å². The third-order valence-corrected chi connectivity index (χ3v) is 9.17. The summed E-state index contributed by atoms with van der Waals surface area (Å²) in [6.07, 6.45) is 6.25. The van der Waals surface area contributed by atoms with E-state index in [9.17, 15) is 23.1 Å². The maximum absolute atomic E-state index is 13.1. The second-order valence-electron chi connectivity index (χ2n) is 10.2. The highest BCUT2D eigenvalue weighted by Gasteiger charge is 2.54. The van der Waals surface area contributed by atoms with E-state index < -0.39 is 21.7 Å². The Morgan fingerprint density at radius 2 is 1.59 bits per heavy atom. The first kappa shape index (κ1) is 23.1. The monoisotopic (exact) mass is 483 g/mol. The van der Waals surface area contributed by atoms with Crippen molar-refractivity contribution < 1.29 is 27.9 Å². The van der Waals surface area contributed by atoms with Crippen molar-refractivity contribution in [2.45, 2.75) is 50.0 Å². The Morgan fingerprint density at radius 1 is 0.971 bits per heavy atom. The van der Waals surface area contributed by atoms with Crippen LogP contribution in [-0.2, 0) is 26.1 Å². The molecule has 7 nitrogen and oxygen atoms in total. The van der Waals surface area contributed by atoms with Crippen LogP contribution >= 0.6 is 0 Å². The number of carbonyl (C=O) groups excluding carboxylic acids is 2. The van der Waals surface area contributed by atoms with E-state index in [2.05, 4.69) is 4.72 Å². The fourth-order valence-electron chi connectivity index (χ4n) is 6.52. The van der Waals surface area contributed by atoms with Gasteiger partial charge in [0.1, 0.15) is 11.3 Å². The fraction of sp³-hybridized carbons (Fsp3) is 0.462. The van der Waals surface area contributed by atoms with Crippen LogP contribution in [0.4, 0.5) is 0 Å². The van der Waals surface area contributed by atoms with Gasteiger partial charge in [-0.2, -0.15) is 0 Å². The Kier molecular flexibility index (Phi) is 5.98. The summed E-state index contributed by atoms with van der Waals surface area (Å²) in [6, 6.07) is 12.5. The molecule has 4 saturated carbocycles. The third-order valence-electron chi connectivity index (χ3n) is 7.77. The van der Waals surface area contributed by atoms with Gasteiger partial charge in [-0.05, 0) is 80.0 Å². The van der Waals surface area contributed by atoms with Gasteiger partial charge in [0.15, 0.2) is 12.4 Å². The molecule has 180 valence electrons. The van der Waals surface area contributed by atoms with Gasteiger partial charge < -0.3 is 9.84 Å². The van der Waals surface area contributed by atoms with Crippen molar-refractivity contribution in [2.24, 2.45) is 23.2 Å². The number of hydrogen-bond donors (Lipinski definition) is 2. The summed E-state index contributed by atoms with van der Waals surface area (Å²) >= 11 is 0. The number of sulfonamides is 1. The van der Waals surface area contributed by atoms with Crippen LogP contribution in [0.15, 0.2) is 53.4 Å². The highest BCUT2D eigenvalue weighted by molar-refractivity contribution is 7.89. The van der Waals surface area contributed by atoms with E-state index >= 15 is 0 Å². The molecule has 0 spiro atoms. The van der Waals surface area contributed by atoms with Crippen molar-refractivity contribution in [1.29, 1.82) is 0 Å². The Labute approximate surface area is 199 Å².